The summed E-state index contributed by atoms with van der Waals surface area (Å²) in [4.78, 5) is 0. The van der Waals surface area contributed by atoms with E-state index >= 15 is 0 Å². The highest BCUT2D eigenvalue weighted by Gasteiger charge is 2.16. The maximum Gasteiger partial charge on any atom is 0.381 e. The summed E-state index contributed by atoms with van der Waals surface area (Å²) < 4.78 is 31.9. The zero-order valence-electron chi connectivity index (χ0n) is 8.48. The van der Waals surface area contributed by atoms with Gasteiger partial charge in [0.2, 0.25) is 0 Å². The maximum atomic E-state index is 11.2. The van der Waals surface area contributed by atoms with Gasteiger partial charge in [-0.05, 0) is 16.7 Å². The van der Waals surface area contributed by atoms with Crippen molar-refractivity contribution in [2.45, 2.75) is 0 Å². The first-order valence-electron chi connectivity index (χ1n) is 4.78. The topological polar surface area (TPSA) is 85.1 Å². The van der Waals surface area contributed by atoms with Crippen molar-refractivity contribution in [1.29, 1.82) is 0 Å². The van der Waals surface area contributed by atoms with E-state index in [9.17, 15) is 8.42 Å². The lowest BCUT2D eigenvalue weighted by Gasteiger charge is -2.01. The standard InChI is InChI=1S/C10H7N3O3S/c14-17(15,16)13-10-8-4-2-1-3-7(8)5-6-9(10)11-12-13/h1-6H,(H,14,15,16). The number of hydrogen-bond donors (Lipinski definition) is 1. The molecule has 1 N–H and O–H groups in total. The molecule has 1 heterocycles. The van der Waals surface area contributed by atoms with Gasteiger partial charge < -0.3 is 0 Å². The number of benzene rings is 2. The van der Waals surface area contributed by atoms with E-state index in [1.54, 1.807) is 18.2 Å². The van der Waals surface area contributed by atoms with Gasteiger partial charge in [-0.3, -0.25) is 4.55 Å². The average Bonchev–Trinajstić information content (AvgIpc) is 2.72. The zero-order chi connectivity index (χ0) is 12.0. The quantitative estimate of drug-likeness (QED) is 0.656. The predicted molar refractivity (Wildman–Crippen MR) is 62.0 cm³/mol. The van der Waals surface area contributed by atoms with Crippen LogP contribution in [0.5, 0.6) is 0 Å². The highest BCUT2D eigenvalue weighted by atomic mass is 32.2. The highest BCUT2D eigenvalue weighted by molar-refractivity contribution is 7.84. The molecule has 2 aromatic carbocycles. The van der Waals surface area contributed by atoms with Gasteiger partial charge in [0.1, 0.15) is 11.0 Å². The Labute approximate surface area is 96.4 Å². The van der Waals surface area contributed by atoms with E-state index in [4.69, 9.17) is 4.55 Å². The first kappa shape index (κ1) is 10.2. The molecular formula is C10H7N3O3S. The van der Waals surface area contributed by atoms with Crippen LogP contribution in [0.1, 0.15) is 0 Å². The lowest BCUT2D eigenvalue weighted by atomic mass is 10.1. The minimum atomic E-state index is -4.43. The van der Waals surface area contributed by atoms with Gasteiger partial charge in [-0.25, -0.2) is 0 Å². The van der Waals surface area contributed by atoms with Crippen molar-refractivity contribution in [3.05, 3.63) is 36.4 Å². The van der Waals surface area contributed by atoms with Crippen molar-refractivity contribution < 1.29 is 13.0 Å². The van der Waals surface area contributed by atoms with E-state index in [-0.39, 0.29) is 5.52 Å². The summed E-state index contributed by atoms with van der Waals surface area (Å²) >= 11 is 0. The third kappa shape index (κ3) is 1.48. The first-order valence-corrected chi connectivity index (χ1v) is 6.18. The van der Waals surface area contributed by atoms with Crippen LogP contribution >= 0.6 is 0 Å². The molecule has 1 aromatic heterocycles. The van der Waals surface area contributed by atoms with Crippen molar-refractivity contribution in [3.63, 3.8) is 0 Å². The lowest BCUT2D eigenvalue weighted by molar-refractivity contribution is 0.466. The van der Waals surface area contributed by atoms with E-state index in [0.717, 1.165) is 5.39 Å². The van der Waals surface area contributed by atoms with Crippen LogP contribution in [0.4, 0.5) is 0 Å². The molecule has 0 fully saturated rings. The van der Waals surface area contributed by atoms with Gasteiger partial charge in [-0.1, -0.05) is 30.3 Å². The van der Waals surface area contributed by atoms with Crippen LogP contribution in [0, 0.1) is 0 Å². The Morgan fingerprint density at radius 2 is 1.88 bits per heavy atom. The Bertz CT molecular complexity index is 823. The fourth-order valence-electron chi connectivity index (χ4n) is 1.82. The van der Waals surface area contributed by atoms with Crippen LogP contribution in [0.2, 0.25) is 0 Å². The zero-order valence-corrected chi connectivity index (χ0v) is 9.29. The summed E-state index contributed by atoms with van der Waals surface area (Å²) in [5.74, 6) is 0. The smallest absolute Gasteiger partial charge is 0.268 e. The van der Waals surface area contributed by atoms with Crippen LogP contribution in [-0.2, 0) is 10.3 Å². The van der Waals surface area contributed by atoms with E-state index < -0.39 is 10.3 Å². The molecular weight excluding hydrogens is 242 g/mol. The molecule has 0 amide bonds. The van der Waals surface area contributed by atoms with Crippen LogP contribution in [0.15, 0.2) is 36.4 Å². The van der Waals surface area contributed by atoms with Gasteiger partial charge in [-0.2, -0.15) is 8.42 Å². The van der Waals surface area contributed by atoms with Crippen molar-refractivity contribution in [2.24, 2.45) is 0 Å². The normalized spacial score (nSPS) is 12.3. The number of hydrogen-bond acceptors (Lipinski definition) is 4. The molecule has 6 nitrogen and oxygen atoms in total. The SMILES string of the molecule is O=S(=O)(O)n1nnc2ccc3ccccc3c21. The lowest BCUT2D eigenvalue weighted by Crippen LogP contribution is -2.12. The minimum absolute atomic E-state index is 0.283. The molecule has 0 bridgehead atoms. The van der Waals surface area contributed by atoms with Gasteiger partial charge in [0.05, 0.1) is 0 Å². The van der Waals surface area contributed by atoms with Gasteiger partial charge >= 0.3 is 10.3 Å². The second-order valence-electron chi connectivity index (χ2n) is 3.56. The van der Waals surface area contributed by atoms with E-state index in [1.165, 1.54) is 0 Å². The second kappa shape index (κ2) is 3.25. The summed E-state index contributed by atoms with van der Waals surface area (Å²) in [7, 11) is -4.43. The van der Waals surface area contributed by atoms with Crippen molar-refractivity contribution in [1.82, 2.24) is 14.4 Å². The number of aromatic nitrogens is 3. The highest BCUT2D eigenvalue weighted by Crippen LogP contribution is 2.24. The Balaban J connectivity index is 2.60. The third-order valence-electron chi connectivity index (χ3n) is 2.52. The Morgan fingerprint density at radius 3 is 2.65 bits per heavy atom. The average molecular weight is 249 g/mol. The molecule has 0 aliphatic rings. The molecule has 0 unspecified atom stereocenters. The molecule has 17 heavy (non-hydrogen) atoms. The summed E-state index contributed by atoms with van der Waals surface area (Å²) in [5, 5.41) is 8.68. The molecule has 0 atom stereocenters. The van der Waals surface area contributed by atoms with Gasteiger partial charge in [0.25, 0.3) is 0 Å². The first-order chi connectivity index (χ1) is 8.07. The molecule has 3 aromatic rings. The molecule has 7 heteroatoms. The molecule has 86 valence electrons. The summed E-state index contributed by atoms with van der Waals surface area (Å²) in [6.45, 7) is 0. The molecule has 3 rings (SSSR count). The van der Waals surface area contributed by atoms with Crippen molar-refractivity contribution >= 4 is 32.1 Å². The monoisotopic (exact) mass is 249 g/mol. The predicted octanol–water partition coefficient (Wildman–Crippen LogP) is 1.24. The summed E-state index contributed by atoms with van der Waals surface area (Å²) in [5.41, 5.74) is 0.701. The summed E-state index contributed by atoms with van der Waals surface area (Å²) in [6.07, 6.45) is 0. The van der Waals surface area contributed by atoms with Gasteiger partial charge in [0.15, 0.2) is 0 Å². The molecule has 0 spiro atoms. The number of fused-ring (bicyclic) bond motifs is 3. The molecule has 0 saturated heterocycles. The fourth-order valence-corrected chi connectivity index (χ4v) is 2.37. The second-order valence-corrected chi connectivity index (χ2v) is 4.81. The van der Waals surface area contributed by atoms with Crippen LogP contribution < -0.4 is 0 Å². The van der Waals surface area contributed by atoms with E-state index in [1.807, 2.05) is 18.2 Å². The van der Waals surface area contributed by atoms with Crippen molar-refractivity contribution in [2.75, 3.05) is 0 Å². The summed E-state index contributed by atoms with van der Waals surface area (Å²) in [6, 6.07) is 10.7. The van der Waals surface area contributed by atoms with Gasteiger partial charge in [-0.15, -0.1) is 9.19 Å². The van der Waals surface area contributed by atoms with Crippen LogP contribution in [-0.4, -0.2) is 27.4 Å². The van der Waals surface area contributed by atoms with E-state index in [2.05, 4.69) is 10.3 Å². The van der Waals surface area contributed by atoms with E-state index in [0.29, 0.717) is 15.0 Å². The molecule has 0 saturated carbocycles. The Kier molecular flexibility index (Phi) is 1.95. The van der Waals surface area contributed by atoms with Crippen molar-refractivity contribution in [3.8, 4) is 0 Å². The molecule has 0 aliphatic carbocycles. The Morgan fingerprint density at radius 1 is 1.12 bits per heavy atom. The third-order valence-corrected chi connectivity index (χ3v) is 3.22. The largest absolute Gasteiger partial charge is 0.381 e. The number of nitrogens with zero attached hydrogens (tertiary/aromatic N) is 3. The minimum Gasteiger partial charge on any atom is -0.268 e. The molecule has 0 aliphatic heterocycles. The van der Waals surface area contributed by atoms with Crippen LogP contribution in [0.3, 0.4) is 0 Å². The van der Waals surface area contributed by atoms with Crippen LogP contribution in [0.25, 0.3) is 21.8 Å². The Hall–Kier alpha value is -1.99. The van der Waals surface area contributed by atoms with Gasteiger partial charge in [0, 0.05) is 5.39 Å². The number of rotatable bonds is 1. The maximum absolute atomic E-state index is 11.2. The fraction of sp³-hybridized carbons (Fsp3) is 0. The molecule has 0 radical (unpaired) electrons.